The fraction of sp³-hybridized carbons (Fsp3) is 0.650. The van der Waals surface area contributed by atoms with Gasteiger partial charge in [-0.15, -0.1) is 0 Å². The van der Waals surface area contributed by atoms with E-state index in [1.807, 2.05) is 18.2 Å². The van der Waals surface area contributed by atoms with Crippen LogP contribution in [0.3, 0.4) is 0 Å². The molecule has 0 amide bonds. The van der Waals surface area contributed by atoms with Gasteiger partial charge in [-0.3, -0.25) is 4.99 Å². The molecule has 1 aliphatic heterocycles. The Kier molecular flexibility index (Phi) is 9.37. The van der Waals surface area contributed by atoms with Gasteiger partial charge in [0, 0.05) is 45.8 Å². The summed E-state index contributed by atoms with van der Waals surface area (Å²) < 4.78 is 11.2. The third-order valence-electron chi connectivity index (χ3n) is 4.32. The van der Waals surface area contributed by atoms with Crippen molar-refractivity contribution < 1.29 is 9.47 Å². The summed E-state index contributed by atoms with van der Waals surface area (Å²) in [5.74, 6) is 1.62. The Balaban J connectivity index is 1.61. The van der Waals surface area contributed by atoms with Gasteiger partial charge < -0.3 is 19.7 Å². The van der Waals surface area contributed by atoms with Gasteiger partial charge in [-0.1, -0.05) is 30.3 Å². The summed E-state index contributed by atoms with van der Waals surface area (Å²) in [4.78, 5) is 6.98. The molecule has 0 aromatic heterocycles. The zero-order valence-corrected chi connectivity index (χ0v) is 15.7. The molecule has 2 rings (SSSR count). The molecule has 5 heteroatoms. The lowest BCUT2D eigenvalue weighted by molar-refractivity contribution is 0.117. The first kappa shape index (κ1) is 19.7. The van der Waals surface area contributed by atoms with Crippen LogP contribution in [0.2, 0.25) is 0 Å². The number of hydrogen-bond acceptors (Lipinski definition) is 3. The largest absolute Gasteiger partial charge is 0.381 e. The monoisotopic (exact) mass is 347 g/mol. The number of guanidine groups is 1. The highest BCUT2D eigenvalue weighted by Gasteiger charge is 2.18. The second-order valence-corrected chi connectivity index (χ2v) is 6.59. The van der Waals surface area contributed by atoms with Crippen LogP contribution in [0.15, 0.2) is 35.3 Å². The van der Waals surface area contributed by atoms with E-state index in [0.717, 1.165) is 64.7 Å². The van der Waals surface area contributed by atoms with E-state index in [1.54, 1.807) is 0 Å². The van der Waals surface area contributed by atoms with E-state index >= 15 is 0 Å². The Morgan fingerprint density at radius 1 is 1.32 bits per heavy atom. The number of nitrogens with one attached hydrogen (secondary N) is 1. The van der Waals surface area contributed by atoms with Crippen molar-refractivity contribution in [2.24, 2.45) is 10.9 Å². The van der Waals surface area contributed by atoms with Crippen LogP contribution in [0, 0.1) is 5.92 Å². The van der Waals surface area contributed by atoms with Gasteiger partial charge >= 0.3 is 0 Å². The number of hydrogen-bond donors (Lipinski definition) is 1. The van der Waals surface area contributed by atoms with Crippen molar-refractivity contribution >= 4 is 5.96 Å². The zero-order chi connectivity index (χ0) is 17.7. The number of nitrogens with zero attached hydrogens (tertiary/aromatic N) is 2. The van der Waals surface area contributed by atoms with E-state index in [4.69, 9.17) is 14.5 Å². The number of unbranched alkanes of at least 4 members (excludes halogenated alkanes) is 1. The average Bonchev–Trinajstić information content (AvgIpc) is 3.13. The highest BCUT2D eigenvalue weighted by Crippen LogP contribution is 2.13. The lowest BCUT2D eigenvalue weighted by atomic mass is 10.1. The molecule has 1 aromatic rings. The molecular formula is C20H33N3O2. The lowest BCUT2D eigenvalue weighted by Crippen LogP contribution is -2.41. The van der Waals surface area contributed by atoms with Crippen molar-refractivity contribution in [3.63, 3.8) is 0 Å². The second-order valence-electron chi connectivity index (χ2n) is 6.59. The van der Waals surface area contributed by atoms with Gasteiger partial charge in [0.25, 0.3) is 0 Å². The summed E-state index contributed by atoms with van der Waals surface area (Å²) >= 11 is 0. The van der Waals surface area contributed by atoms with Gasteiger partial charge in [-0.2, -0.15) is 0 Å². The number of benzene rings is 1. The van der Waals surface area contributed by atoms with Gasteiger partial charge in [-0.25, -0.2) is 0 Å². The smallest absolute Gasteiger partial charge is 0.193 e. The van der Waals surface area contributed by atoms with Crippen molar-refractivity contribution in [2.45, 2.75) is 32.8 Å². The highest BCUT2D eigenvalue weighted by molar-refractivity contribution is 5.79. The normalized spacial score (nSPS) is 17.7. The predicted octanol–water partition coefficient (Wildman–Crippen LogP) is 2.92. The van der Waals surface area contributed by atoms with Crippen LogP contribution in [0.25, 0.3) is 0 Å². The molecule has 1 aromatic carbocycles. The first-order valence-electron chi connectivity index (χ1n) is 9.48. The average molecular weight is 348 g/mol. The van der Waals surface area contributed by atoms with E-state index in [9.17, 15) is 0 Å². The van der Waals surface area contributed by atoms with Crippen LogP contribution in [0.1, 0.15) is 31.7 Å². The number of rotatable bonds is 10. The van der Waals surface area contributed by atoms with Crippen LogP contribution < -0.4 is 5.32 Å². The predicted molar refractivity (Wildman–Crippen MR) is 103 cm³/mol. The molecule has 0 saturated carbocycles. The van der Waals surface area contributed by atoms with E-state index < -0.39 is 0 Å². The van der Waals surface area contributed by atoms with Gasteiger partial charge in [-0.05, 0) is 31.7 Å². The molecule has 25 heavy (non-hydrogen) atoms. The van der Waals surface area contributed by atoms with Crippen LogP contribution in [0.5, 0.6) is 0 Å². The molecule has 140 valence electrons. The van der Waals surface area contributed by atoms with E-state index in [2.05, 4.69) is 36.3 Å². The van der Waals surface area contributed by atoms with E-state index in [1.165, 1.54) is 5.56 Å². The van der Waals surface area contributed by atoms with Gasteiger partial charge in [0.15, 0.2) is 5.96 Å². The first-order chi connectivity index (χ1) is 12.3. The molecule has 1 unspecified atom stereocenters. The molecule has 0 aliphatic carbocycles. The molecular weight excluding hydrogens is 314 g/mol. The molecule has 1 fully saturated rings. The maximum atomic E-state index is 5.72. The number of ether oxygens (including phenoxy) is 2. The molecule has 1 saturated heterocycles. The Hall–Kier alpha value is -1.59. The Bertz CT molecular complexity index is 487. The summed E-state index contributed by atoms with van der Waals surface area (Å²) in [5.41, 5.74) is 1.23. The summed E-state index contributed by atoms with van der Waals surface area (Å²) in [6.45, 7) is 8.10. The van der Waals surface area contributed by atoms with Crippen LogP contribution in [0.4, 0.5) is 0 Å². The summed E-state index contributed by atoms with van der Waals surface area (Å²) in [6.07, 6.45) is 3.24. The Morgan fingerprint density at radius 2 is 2.16 bits per heavy atom. The fourth-order valence-corrected chi connectivity index (χ4v) is 2.94. The highest BCUT2D eigenvalue weighted by atomic mass is 16.5. The molecule has 1 N–H and O–H groups in total. The zero-order valence-electron chi connectivity index (χ0n) is 15.7. The molecule has 0 spiro atoms. The van der Waals surface area contributed by atoms with Crippen LogP contribution in [-0.4, -0.2) is 57.4 Å². The van der Waals surface area contributed by atoms with Crippen molar-refractivity contribution in [2.75, 3.05) is 46.5 Å². The Morgan fingerprint density at radius 3 is 2.88 bits per heavy atom. The SMILES string of the molecule is CCNC(=NCCCCOCc1ccccc1)N(C)CC1CCOC1. The van der Waals surface area contributed by atoms with Crippen LogP contribution >= 0.6 is 0 Å². The minimum absolute atomic E-state index is 0.625. The van der Waals surface area contributed by atoms with Crippen LogP contribution in [-0.2, 0) is 16.1 Å². The maximum Gasteiger partial charge on any atom is 0.193 e. The fourth-order valence-electron chi connectivity index (χ4n) is 2.94. The summed E-state index contributed by atoms with van der Waals surface area (Å²) in [6, 6.07) is 10.3. The van der Waals surface area contributed by atoms with E-state index in [0.29, 0.717) is 12.5 Å². The van der Waals surface area contributed by atoms with Crippen molar-refractivity contribution in [3.8, 4) is 0 Å². The summed E-state index contributed by atoms with van der Waals surface area (Å²) in [7, 11) is 2.11. The number of aliphatic imine (C=N–C) groups is 1. The van der Waals surface area contributed by atoms with E-state index in [-0.39, 0.29) is 0 Å². The minimum atomic E-state index is 0.625. The quantitative estimate of drug-likeness (QED) is 0.402. The second kappa shape index (κ2) is 11.9. The molecule has 0 bridgehead atoms. The first-order valence-corrected chi connectivity index (χ1v) is 9.48. The molecule has 5 nitrogen and oxygen atoms in total. The molecule has 1 heterocycles. The van der Waals surface area contributed by atoms with Gasteiger partial charge in [0.1, 0.15) is 0 Å². The minimum Gasteiger partial charge on any atom is -0.381 e. The lowest BCUT2D eigenvalue weighted by Gasteiger charge is -2.24. The third kappa shape index (κ3) is 7.88. The standard InChI is InChI=1S/C20H33N3O2/c1-3-21-20(23(2)15-19-11-14-25-17-19)22-12-7-8-13-24-16-18-9-5-4-6-10-18/h4-6,9-10,19H,3,7-8,11-17H2,1-2H3,(H,21,22). The van der Waals surface area contributed by atoms with Crippen molar-refractivity contribution in [1.29, 1.82) is 0 Å². The van der Waals surface area contributed by atoms with Gasteiger partial charge in [0.05, 0.1) is 13.2 Å². The molecule has 1 aliphatic rings. The molecule has 1 atom stereocenters. The third-order valence-corrected chi connectivity index (χ3v) is 4.32. The van der Waals surface area contributed by atoms with Gasteiger partial charge in [0.2, 0.25) is 0 Å². The molecule has 0 radical (unpaired) electrons. The van der Waals surface area contributed by atoms with Crippen molar-refractivity contribution in [1.82, 2.24) is 10.2 Å². The maximum absolute atomic E-state index is 5.72. The topological polar surface area (TPSA) is 46.1 Å². The van der Waals surface area contributed by atoms with Crippen molar-refractivity contribution in [3.05, 3.63) is 35.9 Å². The Labute approximate surface area is 152 Å². The summed E-state index contributed by atoms with van der Waals surface area (Å²) in [5, 5.41) is 3.38.